The van der Waals surface area contributed by atoms with Crippen LogP contribution in [0.15, 0.2) is 22.7 Å². The first-order valence-electron chi connectivity index (χ1n) is 6.57. The molecule has 2 rings (SSSR count). The van der Waals surface area contributed by atoms with Crippen LogP contribution >= 0.6 is 27.5 Å². The molecule has 0 aliphatic carbocycles. The van der Waals surface area contributed by atoms with E-state index in [2.05, 4.69) is 20.8 Å². The number of hydrogen-bond donors (Lipinski definition) is 0. The largest absolute Gasteiger partial charge is 0.496 e. The van der Waals surface area contributed by atoms with Crippen molar-refractivity contribution in [3.05, 3.63) is 28.2 Å². The third-order valence-corrected chi connectivity index (χ3v) is 4.12. The van der Waals surface area contributed by atoms with Gasteiger partial charge in [0.1, 0.15) is 5.75 Å². The van der Waals surface area contributed by atoms with Crippen LogP contribution in [-0.4, -0.2) is 61.4 Å². The first kappa shape index (κ1) is 15.6. The van der Waals surface area contributed by atoms with Gasteiger partial charge in [0, 0.05) is 43.1 Å². The first-order chi connectivity index (χ1) is 9.65. The Bertz CT molecular complexity index is 476. The minimum atomic E-state index is 0.0277. The molecule has 4 nitrogen and oxygen atoms in total. The number of halogens is 2. The summed E-state index contributed by atoms with van der Waals surface area (Å²) in [6.45, 7) is 4.09. The molecule has 1 aromatic rings. The summed E-state index contributed by atoms with van der Waals surface area (Å²) in [5, 5.41) is 0. The summed E-state index contributed by atoms with van der Waals surface area (Å²) in [5.41, 5.74) is 0.612. The summed E-state index contributed by atoms with van der Waals surface area (Å²) in [6, 6.07) is 5.48. The molecule has 1 amide bonds. The Balaban J connectivity index is 2.05. The van der Waals surface area contributed by atoms with E-state index in [4.69, 9.17) is 16.3 Å². The quantitative estimate of drug-likeness (QED) is 0.772. The Labute approximate surface area is 132 Å². The van der Waals surface area contributed by atoms with Crippen molar-refractivity contribution in [2.45, 2.75) is 0 Å². The third kappa shape index (κ3) is 3.65. The minimum absolute atomic E-state index is 0.0277. The lowest BCUT2D eigenvalue weighted by atomic mass is 10.1. The predicted octanol–water partition coefficient (Wildman–Crippen LogP) is 2.45. The Morgan fingerprint density at radius 3 is 2.65 bits per heavy atom. The second kappa shape index (κ2) is 7.29. The number of ether oxygens (including phenoxy) is 1. The number of carbonyl (C=O) groups excluding carboxylic acids is 1. The molecule has 1 aliphatic heterocycles. The van der Waals surface area contributed by atoms with Crippen molar-refractivity contribution in [3.63, 3.8) is 0 Å². The van der Waals surface area contributed by atoms with Gasteiger partial charge in [-0.25, -0.2) is 0 Å². The molecule has 0 N–H and O–H groups in total. The predicted molar refractivity (Wildman–Crippen MR) is 83.8 cm³/mol. The molecule has 1 aliphatic rings. The normalized spacial score (nSPS) is 16.2. The van der Waals surface area contributed by atoms with E-state index in [1.54, 1.807) is 13.2 Å². The number of benzene rings is 1. The van der Waals surface area contributed by atoms with Gasteiger partial charge in [0.25, 0.3) is 5.91 Å². The van der Waals surface area contributed by atoms with Crippen LogP contribution in [0.1, 0.15) is 10.4 Å². The molecule has 0 spiro atoms. The number of nitrogens with zero attached hydrogens (tertiary/aromatic N) is 2. The third-order valence-electron chi connectivity index (χ3n) is 3.45. The van der Waals surface area contributed by atoms with Crippen LogP contribution < -0.4 is 4.74 Å². The molecule has 0 aromatic heterocycles. The van der Waals surface area contributed by atoms with Crippen molar-refractivity contribution in [2.75, 3.05) is 45.7 Å². The first-order valence-corrected chi connectivity index (χ1v) is 7.89. The highest BCUT2D eigenvalue weighted by Crippen LogP contribution is 2.25. The molecule has 110 valence electrons. The zero-order chi connectivity index (χ0) is 14.5. The summed E-state index contributed by atoms with van der Waals surface area (Å²) < 4.78 is 6.19. The van der Waals surface area contributed by atoms with E-state index in [0.717, 1.165) is 37.2 Å². The summed E-state index contributed by atoms with van der Waals surface area (Å²) in [4.78, 5) is 16.7. The second-order valence-electron chi connectivity index (χ2n) is 4.67. The van der Waals surface area contributed by atoms with E-state index in [9.17, 15) is 4.79 Å². The Morgan fingerprint density at radius 2 is 2.05 bits per heavy atom. The topological polar surface area (TPSA) is 32.8 Å². The van der Waals surface area contributed by atoms with Crippen molar-refractivity contribution in [2.24, 2.45) is 0 Å². The summed E-state index contributed by atoms with van der Waals surface area (Å²) >= 11 is 9.12. The van der Waals surface area contributed by atoms with E-state index < -0.39 is 0 Å². The van der Waals surface area contributed by atoms with E-state index >= 15 is 0 Å². The van der Waals surface area contributed by atoms with Crippen LogP contribution in [0.2, 0.25) is 0 Å². The number of methoxy groups -OCH3 is 1. The molecule has 1 fully saturated rings. The molecule has 0 bridgehead atoms. The van der Waals surface area contributed by atoms with Gasteiger partial charge in [-0.2, -0.15) is 0 Å². The minimum Gasteiger partial charge on any atom is -0.496 e. The Kier molecular flexibility index (Phi) is 5.69. The highest BCUT2D eigenvalue weighted by molar-refractivity contribution is 9.10. The maximum atomic E-state index is 12.5. The molecule has 0 saturated carbocycles. The van der Waals surface area contributed by atoms with E-state index in [1.807, 2.05) is 17.0 Å². The fourth-order valence-corrected chi connectivity index (χ4v) is 2.89. The smallest absolute Gasteiger partial charge is 0.257 e. The van der Waals surface area contributed by atoms with Crippen LogP contribution in [0.5, 0.6) is 5.75 Å². The molecule has 1 saturated heterocycles. The van der Waals surface area contributed by atoms with Crippen LogP contribution in [0, 0.1) is 0 Å². The maximum absolute atomic E-state index is 12.5. The lowest BCUT2D eigenvalue weighted by Gasteiger charge is -2.34. The molecule has 0 atom stereocenters. The molecular weight excluding hydrogens is 344 g/mol. The fraction of sp³-hybridized carbons (Fsp3) is 0.500. The molecule has 0 unspecified atom stereocenters. The van der Waals surface area contributed by atoms with E-state index in [-0.39, 0.29) is 5.91 Å². The van der Waals surface area contributed by atoms with Crippen molar-refractivity contribution in [3.8, 4) is 5.75 Å². The number of hydrogen-bond acceptors (Lipinski definition) is 3. The van der Waals surface area contributed by atoms with Gasteiger partial charge < -0.3 is 9.64 Å². The number of carbonyl (C=O) groups is 1. The van der Waals surface area contributed by atoms with Crippen LogP contribution in [0.4, 0.5) is 0 Å². The van der Waals surface area contributed by atoms with Gasteiger partial charge in [0.15, 0.2) is 0 Å². The van der Waals surface area contributed by atoms with Crippen molar-refractivity contribution < 1.29 is 9.53 Å². The van der Waals surface area contributed by atoms with Crippen molar-refractivity contribution in [1.29, 1.82) is 0 Å². The van der Waals surface area contributed by atoms with Gasteiger partial charge in [0.05, 0.1) is 12.7 Å². The average molecular weight is 362 g/mol. The van der Waals surface area contributed by atoms with Gasteiger partial charge in [-0.3, -0.25) is 9.69 Å². The van der Waals surface area contributed by atoms with E-state index in [1.165, 1.54) is 0 Å². The van der Waals surface area contributed by atoms with Crippen LogP contribution in [0.25, 0.3) is 0 Å². The molecule has 0 radical (unpaired) electrons. The Morgan fingerprint density at radius 1 is 1.35 bits per heavy atom. The zero-order valence-electron chi connectivity index (χ0n) is 11.4. The van der Waals surface area contributed by atoms with Gasteiger partial charge >= 0.3 is 0 Å². The van der Waals surface area contributed by atoms with Crippen LogP contribution in [0.3, 0.4) is 0 Å². The fourth-order valence-electron chi connectivity index (χ4n) is 2.31. The van der Waals surface area contributed by atoms with Gasteiger partial charge in [-0.1, -0.05) is 15.9 Å². The summed E-state index contributed by atoms with van der Waals surface area (Å²) in [5.74, 6) is 1.27. The molecule has 6 heteroatoms. The number of rotatable bonds is 4. The highest BCUT2D eigenvalue weighted by atomic mass is 79.9. The zero-order valence-corrected chi connectivity index (χ0v) is 13.8. The van der Waals surface area contributed by atoms with Gasteiger partial charge in [-0.05, 0) is 18.2 Å². The lowest BCUT2D eigenvalue weighted by molar-refractivity contribution is 0.0641. The lowest BCUT2D eigenvalue weighted by Crippen LogP contribution is -2.49. The monoisotopic (exact) mass is 360 g/mol. The van der Waals surface area contributed by atoms with Crippen molar-refractivity contribution >= 4 is 33.4 Å². The standard InChI is InChI=1S/C14H18BrClN2O2/c1-20-13-10-11(15)2-3-12(13)14(19)18-8-6-17(5-4-16)7-9-18/h2-3,10H,4-9H2,1H3. The number of alkyl halides is 1. The van der Waals surface area contributed by atoms with Crippen molar-refractivity contribution in [1.82, 2.24) is 9.80 Å². The van der Waals surface area contributed by atoms with Crippen LogP contribution in [-0.2, 0) is 0 Å². The Hall–Kier alpha value is -0.780. The molecular formula is C14H18BrClN2O2. The van der Waals surface area contributed by atoms with E-state index in [0.29, 0.717) is 17.2 Å². The number of piperazine rings is 1. The number of amides is 1. The average Bonchev–Trinajstić information content (AvgIpc) is 2.47. The SMILES string of the molecule is COc1cc(Br)ccc1C(=O)N1CCN(CCCl)CC1. The molecule has 1 heterocycles. The maximum Gasteiger partial charge on any atom is 0.257 e. The highest BCUT2D eigenvalue weighted by Gasteiger charge is 2.23. The van der Waals surface area contributed by atoms with Gasteiger partial charge in [-0.15, -0.1) is 11.6 Å². The van der Waals surface area contributed by atoms with Gasteiger partial charge in [0.2, 0.25) is 0 Å². The molecule has 1 aromatic carbocycles. The molecule has 20 heavy (non-hydrogen) atoms. The summed E-state index contributed by atoms with van der Waals surface area (Å²) in [6.07, 6.45) is 0. The summed E-state index contributed by atoms with van der Waals surface area (Å²) in [7, 11) is 1.58. The second-order valence-corrected chi connectivity index (χ2v) is 5.96.